The summed E-state index contributed by atoms with van der Waals surface area (Å²) < 4.78 is 5.52. The normalized spacial score (nSPS) is 12.5. The lowest BCUT2D eigenvalue weighted by Crippen LogP contribution is -2.45. The van der Waals surface area contributed by atoms with Gasteiger partial charge >= 0.3 is 5.97 Å². The lowest BCUT2D eigenvalue weighted by molar-refractivity contribution is -0.143. The SMILES string of the molecule is CCCCCCCCC/C=C\CCCCCCCCCC(=O)OCCCCCCCCCCCCCCCCCCCCCCCCCCCCCCCCCCCC(=O)NC(CO)C(O)/C=C/CCCCCCCCCCCCCCCCCCCCCCC. The average Bonchev–Trinajstić information content (AvgIpc) is 3.64. The van der Waals surface area contributed by atoms with E-state index in [4.69, 9.17) is 4.74 Å². The van der Waals surface area contributed by atoms with Crippen molar-refractivity contribution in [1.29, 1.82) is 0 Å². The molecular weight excluding hydrogens is 1110 g/mol. The van der Waals surface area contributed by atoms with Crippen LogP contribution in [0.4, 0.5) is 0 Å². The maximum Gasteiger partial charge on any atom is 0.305 e. The van der Waals surface area contributed by atoms with Gasteiger partial charge in [-0.05, 0) is 57.8 Å². The number of amides is 1. The number of hydrogen-bond acceptors (Lipinski definition) is 5. The zero-order valence-electron chi connectivity index (χ0n) is 62.1. The molecule has 0 aliphatic heterocycles. The summed E-state index contributed by atoms with van der Waals surface area (Å²) in [5.41, 5.74) is 0. The van der Waals surface area contributed by atoms with Crippen LogP contribution < -0.4 is 5.32 Å². The van der Waals surface area contributed by atoms with E-state index in [9.17, 15) is 19.8 Å². The summed E-state index contributed by atoms with van der Waals surface area (Å²) in [5.74, 6) is -0.0379. The van der Waals surface area contributed by atoms with Crippen molar-refractivity contribution in [2.45, 2.75) is 495 Å². The van der Waals surface area contributed by atoms with Gasteiger partial charge in [0, 0.05) is 12.8 Å². The second-order valence-corrected chi connectivity index (χ2v) is 29.2. The van der Waals surface area contributed by atoms with Crippen LogP contribution in [-0.4, -0.2) is 47.4 Å². The molecule has 0 saturated heterocycles. The number of carbonyl (C=O) groups excluding carboxylic acids is 2. The predicted molar refractivity (Wildman–Crippen MR) is 403 cm³/mol. The molecule has 0 fully saturated rings. The number of hydrogen-bond donors (Lipinski definition) is 3. The fourth-order valence-electron chi connectivity index (χ4n) is 13.6. The third-order valence-corrected chi connectivity index (χ3v) is 20.0. The monoisotopic (exact) mass is 1280 g/mol. The standard InChI is InChI=1S/C85H165NO5/c1-3-5-7-9-11-13-15-17-19-21-23-24-36-39-42-45-49-53-57-61-65-69-73-77-83(88)82(81-87)86-84(89)78-74-70-66-62-58-54-50-46-43-40-37-34-32-30-28-26-25-27-29-31-33-35-38-41-44-48-52-56-60-64-68-72-76-80-91-85(90)79-75-71-67-63-59-55-51-47-22-20-18-16-14-12-10-8-6-4-2/h20,22,73,77,82-83,87-88H,3-19,21,23-72,74-76,78-81H2,1-2H3,(H,86,89)/b22-20-,77-73+. The van der Waals surface area contributed by atoms with Crippen molar-refractivity contribution in [3.8, 4) is 0 Å². The summed E-state index contributed by atoms with van der Waals surface area (Å²) in [4.78, 5) is 24.7. The average molecular weight is 1280 g/mol. The minimum absolute atomic E-state index is 0.0198. The Morgan fingerprint density at radius 3 is 0.780 bits per heavy atom. The number of rotatable bonds is 80. The lowest BCUT2D eigenvalue weighted by atomic mass is 10.0. The zero-order chi connectivity index (χ0) is 65.6. The first-order valence-corrected chi connectivity index (χ1v) is 42.1. The first-order chi connectivity index (χ1) is 45.0. The van der Waals surface area contributed by atoms with E-state index in [1.165, 1.54) is 417 Å². The number of allylic oxidation sites excluding steroid dienone is 3. The molecule has 0 aromatic carbocycles. The number of aliphatic hydroxyl groups is 2. The molecule has 0 bridgehead atoms. The lowest BCUT2D eigenvalue weighted by Gasteiger charge is -2.20. The quantitative estimate of drug-likeness (QED) is 0.0320. The maximum absolute atomic E-state index is 12.6. The molecular formula is C85H165NO5. The molecule has 0 aliphatic rings. The first-order valence-electron chi connectivity index (χ1n) is 42.1. The molecule has 0 rings (SSSR count). The largest absolute Gasteiger partial charge is 0.466 e. The van der Waals surface area contributed by atoms with Crippen molar-refractivity contribution in [2.24, 2.45) is 0 Å². The van der Waals surface area contributed by atoms with E-state index in [0.717, 1.165) is 38.5 Å². The molecule has 2 atom stereocenters. The molecule has 0 saturated carbocycles. The molecule has 6 nitrogen and oxygen atoms in total. The van der Waals surface area contributed by atoms with Crippen LogP contribution in [0.25, 0.3) is 0 Å². The Balaban J connectivity index is 3.34. The summed E-state index contributed by atoms with van der Waals surface area (Å²) in [7, 11) is 0. The first kappa shape index (κ1) is 89.3. The molecule has 0 radical (unpaired) electrons. The van der Waals surface area contributed by atoms with Crippen molar-refractivity contribution in [3.63, 3.8) is 0 Å². The summed E-state index contributed by atoms with van der Waals surface area (Å²) in [6.07, 6.45) is 105. The maximum atomic E-state index is 12.6. The number of aliphatic hydroxyl groups excluding tert-OH is 2. The Hall–Kier alpha value is -1.66. The Kier molecular flexibility index (Phi) is 79.3. The van der Waals surface area contributed by atoms with Crippen LogP contribution in [-0.2, 0) is 14.3 Å². The smallest absolute Gasteiger partial charge is 0.305 e. The molecule has 0 aromatic rings. The molecule has 6 heteroatoms. The zero-order valence-corrected chi connectivity index (χ0v) is 62.1. The van der Waals surface area contributed by atoms with Crippen LogP contribution in [0.2, 0.25) is 0 Å². The minimum atomic E-state index is -0.842. The van der Waals surface area contributed by atoms with E-state index in [-0.39, 0.29) is 18.5 Å². The Morgan fingerprint density at radius 1 is 0.297 bits per heavy atom. The van der Waals surface area contributed by atoms with Gasteiger partial charge < -0.3 is 20.3 Å². The second-order valence-electron chi connectivity index (χ2n) is 29.2. The molecule has 540 valence electrons. The third-order valence-electron chi connectivity index (χ3n) is 20.0. The summed E-state index contributed by atoms with van der Waals surface area (Å²) >= 11 is 0. The topological polar surface area (TPSA) is 95.9 Å². The van der Waals surface area contributed by atoms with E-state index in [1.54, 1.807) is 6.08 Å². The van der Waals surface area contributed by atoms with Gasteiger partial charge in [-0.25, -0.2) is 0 Å². The van der Waals surface area contributed by atoms with Crippen LogP contribution in [0, 0.1) is 0 Å². The van der Waals surface area contributed by atoms with Crippen LogP contribution in [0.3, 0.4) is 0 Å². The van der Waals surface area contributed by atoms with Crippen molar-refractivity contribution in [1.82, 2.24) is 5.32 Å². The Bertz CT molecular complexity index is 1430. The van der Waals surface area contributed by atoms with E-state index < -0.39 is 12.1 Å². The highest BCUT2D eigenvalue weighted by Gasteiger charge is 2.18. The molecule has 0 aromatic heterocycles. The van der Waals surface area contributed by atoms with Gasteiger partial charge in [0.05, 0.1) is 25.4 Å². The van der Waals surface area contributed by atoms with E-state index in [0.29, 0.717) is 19.4 Å². The molecule has 0 heterocycles. The summed E-state index contributed by atoms with van der Waals surface area (Å²) in [6.45, 7) is 4.96. The molecule has 91 heavy (non-hydrogen) atoms. The van der Waals surface area contributed by atoms with Crippen LogP contribution in [0.1, 0.15) is 483 Å². The second kappa shape index (κ2) is 80.8. The Morgan fingerprint density at radius 2 is 0.516 bits per heavy atom. The van der Waals surface area contributed by atoms with Crippen LogP contribution in [0.5, 0.6) is 0 Å². The van der Waals surface area contributed by atoms with Gasteiger partial charge in [0.2, 0.25) is 5.91 Å². The van der Waals surface area contributed by atoms with Gasteiger partial charge in [-0.3, -0.25) is 9.59 Å². The highest BCUT2D eigenvalue weighted by atomic mass is 16.5. The molecule has 2 unspecified atom stereocenters. The van der Waals surface area contributed by atoms with E-state index in [2.05, 4.69) is 31.3 Å². The number of carbonyl (C=O) groups is 2. The molecule has 0 aliphatic carbocycles. The highest BCUT2D eigenvalue weighted by Crippen LogP contribution is 2.21. The van der Waals surface area contributed by atoms with Crippen molar-refractivity contribution in [3.05, 3.63) is 24.3 Å². The number of nitrogens with one attached hydrogen (secondary N) is 1. The molecule has 1 amide bonds. The third kappa shape index (κ3) is 77.2. The number of esters is 1. The molecule has 3 N–H and O–H groups in total. The van der Waals surface area contributed by atoms with Gasteiger partial charge in [-0.15, -0.1) is 0 Å². The number of unbranched alkanes of at least 4 members (excludes halogenated alkanes) is 67. The highest BCUT2D eigenvalue weighted by molar-refractivity contribution is 5.76. The van der Waals surface area contributed by atoms with Gasteiger partial charge in [0.25, 0.3) is 0 Å². The fraction of sp³-hybridized carbons (Fsp3) is 0.929. The summed E-state index contributed by atoms with van der Waals surface area (Å²) in [5, 5.41) is 23.3. The van der Waals surface area contributed by atoms with Gasteiger partial charge in [0.15, 0.2) is 0 Å². The minimum Gasteiger partial charge on any atom is -0.466 e. The van der Waals surface area contributed by atoms with Crippen LogP contribution in [0.15, 0.2) is 24.3 Å². The fourth-order valence-corrected chi connectivity index (χ4v) is 13.6. The van der Waals surface area contributed by atoms with Crippen molar-refractivity contribution >= 4 is 11.9 Å². The van der Waals surface area contributed by atoms with E-state index >= 15 is 0 Å². The summed E-state index contributed by atoms with van der Waals surface area (Å²) in [6, 6.07) is -0.625. The van der Waals surface area contributed by atoms with Gasteiger partial charge in [0.1, 0.15) is 0 Å². The van der Waals surface area contributed by atoms with Gasteiger partial charge in [-0.2, -0.15) is 0 Å². The van der Waals surface area contributed by atoms with Crippen molar-refractivity contribution < 1.29 is 24.5 Å². The van der Waals surface area contributed by atoms with E-state index in [1.807, 2.05) is 6.08 Å². The predicted octanol–water partition coefficient (Wildman–Crippen LogP) is 28.0. The molecule has 0 spiro atoms. The number of ether oxygens (including phenoxy) is 1. The van der Waals surface area contributed by atoms with Crippen LogP contribution >= 0.6 is 0 Å². The Labute approximate surface area is 571 Å². The van der Waals surface area contributed by atoms with Gasteiger partial charge in [-0.1, -0.05) is 436 Å². The van der Waals surface area contributed by atoms with Crippen molar-refractivity contribution in [2.75, 3.05) is 13.2 Å².